The summed E-state index contributed by atoms with van der Waals surface area (Å²) in [6.45, 7) is 7.61. The van der Waals surface area contributed by atoms with Gasteiger partial charge in [-0.3, -0.25) is 0 Å². The maximum atomic E-state index is 6.06. The summed E-state index contributed by atoms with van der Waals surface area (Å²) < 4.78 is 6.06. The van der Waals surface area contributed by atoms with Crippen molar-refractivity contribution >= 4 is 0 Å². The van der Waals surface area contributed by atoms with Gasteiger partial charge in [0.1, 0.15) is 5.75 Å². The van der Waals surface area contributed by atoms with Crippen molar-refractivity contribution in [1.82, 2.24) is 5.32 Å². The molecule has 1 aliphatic heterocycles. The summed E-state index contributed by atoms with van der Waals surface area (Å²) in [6.07, 6.45) is 3.73. The highest BCUT2D eigenvalue weighted by Crippen LogP contribution is 2.29. The molecule has 1 N–H and O–H groups in total. The molecule has 0 saturated carbocycles. The molecule has 0 spiro atoms. The normalized spacial score (nSPS) is 21.6. The number of para-hydroxylation sites is 1. The Labute approximate surface area is 111 Å². The smallest absolute Gasteiger partial charge is 0.122 e. The van der Waals surface area contributed by atoms with E-state index in [2.05, 4.69) is 43.4 Å². The Kier molecular flexibility index (Phi) is 5.06. The van der Waals surface area contributed by atoms with Gasteiger partial charge in [-0.1, -0.05) is 32.0 Å². The molecule has 2 rings (SSSR count). The summed E-state index contributed by atoms with van der Waals surface area (Å²) >= 11 is 0. The van der Waals surface area contributed by atoms with Crippen LogP contribution in [0.3, 0.4) is 0 Å². The van der Waals surface area contributed by atoms with Crippen molar-refractivity contribution in [1.29, 1.82) is 0 Å². The number of hydrogen-bond donors (Lipinski definition) is 1. The van der Waals surface area contributed by atoms with Crippen molar-refractivity contribution in [2.24, 2.45) is 5.92 Å². The number of rotatable bonds is 5. The maximum Gasteiger partial charge on any atom is 0.122 e. The van der Waals surface area contributed by atoms with Crippen LogP contribution in [0.1, 0.15) is 44.6 Å². The molecule has 100 valence electrons. The number of benzene rings is 1. The second kappa shape index (κ2) is 6.79. The standard InChI is InChI=1S/C16H25NO/c1-3-13(2)15-8-4-5-9-16(15)18-12-14-7-6-10-17-11-14/h4-5,8-9,13-14,17H,3,6-7,10-12H2,1-2H3. The van der Waals surface area contributed by atoms with E-state index in [0.29, 0.717) is 11.8 Å². The van der Waals surface area contributed by atoms with Crippen LogP contribution in [0.25, 0.3) is 0 Å². The van der Waals surface area contributed by atoms with E-state index >= 15 is 0 Å². The fourth-order valence-corrected chi connectivity index (χ4v) is 2.51. The molecule has 1 aromatic rings. The van der Waals surface area contributed by atoms with Gasteiger partial charge in [0.25, 0.3) is 0 Å². The Morgan fingerprint density at radius 2 is 2.22 bits per heavy atom. The Bertz CT molecular complexity index is 358. The zero-order chi connectivity index (χ0) is 12.8. The molecule has 1 heterocycles. The summed E-state index contributed by atoms with van der Waals surface area (Å²) in [6, 6.07) is 8.48. The molecule has 1 aliphatic rings. The van der Waals surface area contributed by atoms with Crippen LogP contribution in [0.2, 0.25) is 0 Å². The molecule has 1 saturated heterocycles. The van der Waals surface area contributed by atoms with Crippen LogP contribution in [0.15, 0.2) is 24.3 Å². The number of ether oxygens (including phenoxy) is 1. The van der Waals surface area contributed by atoms with Crippen LogP contribution in [-0.2, 0) is 0 Å². The summed E-state index contributed by atoms with van der Waals surface area (Å²) in [5.74, 6) is 2.33. The third kappa shape index (κ3) is 3.49. The zero-order valence-corrected chi connectivity index (χ0v) is 11.6. The van der Waals surface area contributed by atoms with Gasteiger partial charge in [-0.25, -0.2) is 0 Å². The molecular formula is C16H25NO. The van der Waals surface area contributed by atoms with Crippen LogP contribution in [-0.4, -0.2) is 19.7 Å². The molecule has 0 radical (unpaired) electrons. The van der Waals surface area contributed by atoms with Gasteiger partial charge in [-0.2, -0.15) is 0 Å². The summed E-state index contributed by atoms with van der Waals surface area (Å²) in [5.41, 5.74) is 1.35. The van der Waals surface area contributed by atoms with E-state index in [9.17, 15) is 0 Å². The van der Waals surface area contributed by atoms with Crippen molar-refractivity contribution < 1.29 is 4.74 Å². The van der Waals surface area contributed by atoms with E-state index < -0.39 is 0 Å². The van der Waals surface area contributed by atoms with Crippen LogP contribution >= 0.6 is 0 Å². The van der Waals surface area contributed by atoms with E-state index in [-0.39, 0.29) is 0 Å². The SMILES string of the molecule is CCC(C)c1ccccc1OCC1CCCNC1. The van der Waals surface area contributed by atoms with E-state index in [0.717, 1.165) is 25.3 Å². The van der Waals surface area contributed by atoms with Gasteiger partial charge in [-0.15, -0.1) is 0 Å². The van der Waals surface area contributed by atoms with Crippen molar-refractivity contribution in [2.75, 3.05) is 19.7 Å². The summed E-state index contributed by atoms with van der Waals surface area (Å²) in [5, 5.41) is 3.44. The molecule has 0 aliphatic carbocycles. The number of piperidine rings is 1. The molecule has 2 nitrogen and oxygen atoms in total. The fraction of sp³-hybridized carbons (Fsp3) is 0.625. The van der Waals surface area contributed by atoms with Gasteiger partial charge >= 0.3 is 0 Å². The minimum Gasteiger partial charge on any atom is -0.493 e. The Morgan fingerprint density at radius 3 is 2.94 bits per heavy atom. The summed E-state index contributed by atoms with van der Waals surface area (Å²) in [7, 11) is 0. The second-order valence-corrected chi connectivity index (χ2v) is 5.37. The number of hydrogen-bond acceptors (Lipinski definition) is 2. The highest BCUT2D eigenvalue weighted by Gasteiger charge is 2.15. The topological polar surface area (TPSA) is 21.3 Å². The highest BCUT2D eigenvalue weighted by molar-refractivity contribution is 5.35. The molecule has 2 heteroatoms. The van der Waals surface area contributed by atoms with E-state index in [4.69, 9.17) is 4.74 Å². The second-order valence-electron chi connectivity index (χ2n) is 5.37. The molecule has 0 aromatic heterocycles. The van der Waals surface area contributed by atoms with Crippen molar-refractivity contribution in [3.63, 3.8) is 0 Å². The molecule has 1 aromatic carbocycles. The Hall–Kier alpha value is -1.02. The van der Waals surface area contributed by atoms with E-state index in [1.165, 1.54) is 24.9 Å². The van der Waals surface area contributed by atoms with Crippen molar-refractivity contribution in [3.05, 3.63) is 29.8 Å². The Morgan fingerprint density at radius 1 is 1.39 bits per heavy atom. The molecule has 2 unspecified atom stereocenters. The predicted octanol–water partition coefficient (Wildman–Crippen LogP) is 3.58. The van der Waals surface area contributed by atoms with Gasteiger partial charge in [0.15, 0.2) is 0 Å². The first-order chi connectivity index (χ1) is 8.81. The predicted molar refractivity (Wildman–Crippen MR) is 76.2 cm³/mol. The Balaban J connectivity index is 1.95. The zero-order valence-electron chi connectivity index (χ0n) is 11.6. The van der Waals surface area contributed by atoms with E-state index in [1.54, 1.807) is 0 Å². The lowest BCUT2D eigenvalue weighted by Gasteiger charge is -2.24. The lowest BCUT2D eigenvalue weighted by atomic mass is 9.97. The van der Waals surface area contributed by atoms with Crippen LogP contribution < -0.4 is 10.1 Å². The van der Waals surface area contributed by atoms with Crippen molar-refractivity contribution in [3.8, 4) is 5.75 Å². The fourth-order valence-electron chi connectivity index (χ4n) is 2.51. The average Bonchev–Trinajstić information content (AvgIpc) is 2.45. The largest absolute Gasteiger partial charge is 0.493 e. The van der Waals surface area contributed by atoms with Crippen LogP contribution in [0.5, 0.6) is 5.75 Å². The average molecular weight is 247 g/mol. The van der Waals surface area contributed by atoms with E-state index in [1.807, 2.05) is 0 Å². The third-order valence-electron chi connectivity index (χ3n) is 3.94. The first-order valence-corrected chi connectivity index (χ1v) is 7.23. The van der Waals surface area contributed by atoms with Gasteiger partial charge in [0.05, 0.1) is 6.61 Å². The van der Waals surface area contributed by atoms with Crippen LogP contribution in [0, 0.1) is 5.92 Å². The molecule has 18 heavy (non-hydrogen) atoms. The lowest BCUT2D eigenvalue weighted by Crippen LogP contribution is -2.33. The van der Waals surface area contributed by atoms with Gasteiger partial charge in [0, 0.05) is 12.5 Å². The highest BCUT2D eigenvalue weighted by atomic mass is 16.5. The molecule has 0 amide bonds. The number of nitrogens with one attached hydrogen (secondary N) is 1. The monoisotopic (exact) mass is 247 g/mol. The molecule has 1 fully saturated rings. The first-order valence-electron chi connectivity index (χ1n) is 7.23. The first kappa shape index (κ1) is 13.4. The van der Waals surface area contributed by atoms with Gasteiger partial charge < -0.3 is 10.1 Å². The maximum absolute atomic E-state index is 6.06. The minimum atomic E-state index is 0.575. The van der Waals surface area contributed by atoms with Crippen LogP contribution in [0.4, 0.5) is 0 Å². The minimum absolute atomic E-state index is 0.575. The molecule has 2 atom stereocenters. The van der Waals surface area contributed by atoms with Gasteiger partial charge in [0.2, 0.25) is 0 Å². The molecular weight excluding hydrogens is 222 g/mol. The van der Waals surface area contributed by atoms with Crippen molar-refractivity contribution in [2.45, 2.75) is 39.0 Å². The quantitative estimate of drug-likeness (QED) is 0.858. The summed E-state index contributed by atoms with van der Waals surface area (Å²) in [4.78, 5) is 0. The molecule has 0 bridgehead atoms. The third-order valence-corrected chi connectivity index (χ3v) is 3.94. The van der Waals surface area contributed by atoms with Gasteiger partial charge in [-0.05, 0) is 43.4 Å². The lowest BCUT2D eigenvalue weighted by molar-refractivity contribution is 0.216.